The quantitative estimate of drug-likeness (QED) is 0.282. The van der Waals surface area contributed by atoms with Gasteiger partial charge in [0, 0.05) is 5.02 Å². The molecule has 0 aliphatic heterocycles. The number of rotatable bonds is 9. The maximum absolute atomic E-state index is 13.7. The van der Waals surface area contributed by atoms with Gasteiger partial charge in [-0.05, 0) is 58.5 Å². The number of hydrogen-bond acceptors (Lipinski definition) is 2. The molecule has 0 radical (unpaired) electrons. The van der Waals surface area contributed by atoms with E-state index in [0.29, 0.717) is 21.7 Å². The second-order valence-electron chi connectivity index (χ2n) is 8.86. The molecule has 37 heavy (non-hydrogen) atoms. The highest BCUT2D eigenvalue weighted by Crippen LogP contribution is 2.39. The van der Waals surface area contributed by atoms with Crippen LogP contribution in [0.1, 0.15) is 42.9 Å². The summed E-state index contributed by atoms with van der Waals surface area (Å²) in [4.78, 5) is 24.7. The fourth-order valence-electron chi connectivity index (χ4n) is 4.18. The maximum atomic E-state index is 13.7. The van der Waals surface area contributed by atoms with Crippen molar-refractivity contribution in [3.63, 3.8) is 0 Å². The highest BCUT2D eigenvalue weighted by Gasteiger charge is 2.45. The molecule has 3 aromatic carbocycles. The minimum Gasteiger partial charge on any atom is -0.481 e. The Morgan fingerprint density at radius 2 is 1.68 bits per heavy atom. The number of amides is 1. The number of aryl methyl sites for hydroxylation is 1. The lowest BCUT2D eigenvalue weighted by molar-refractivity contribution is -0.178. The molecule has 0 saturated carbocycles. The molecule has 0 unspecified atom stereocenters. The van der Waals surface area contributed by atoms with Crippen molar-refractivity contribution in [3.8, 4) is 11.1 Å². The summed E-state index contributed by atoms with van der Waals surface area (Å²) in [6.07, 6.45) is -3.16. The molecule has 0 aliphatic rings. The first-order chi connectivity index (χ1) is 17.4. The Balaban J connectivity index is 2.02. The summed E-state index contributed by atoms with van der Waals surface area (Å²) in [5.41, 5.74) is 3.10. The Morgan fingerprint density at radius 3 is 2.27 bits per heavy atom. The first-order valence-electron chi connectivity index (χ1n) is 11.7. The van der Waals surface area contributed by atoms with Crippen molar-refractivity contribution >= 4 is 40.8 Å². The number of alkyl halides is 3. The smallest absolute Gasteiger partial charge is 0.392 e. The van der Waals surface area contributed by atoms with Gasteiger partial charge in [0.05, 0.1) is 29.0 Å². The van der Waals surface area contributed by atoms with Crippen molar-refractivity contribution in [2.45, 2.75) is 45.2 Å². The summed E-state index contributed by atoms with van der Waals surface area (Å²) in [7, 11) is 0. The summed E-state index contributed by atoms with van der Waals surface area (Å²) in [6.45, 7) is 2.98. The molecule has 0 saturated heterocycles. The van der Waals surface area contributed by atoms with E-state index >= 15 is 0 Å². The number of nitrogens with one attached hydrogen (secondary N) is 1. The number of halogens is 5. The fraction of sp³-hybridized carbons (Fsp3) is 0.286. The highest BCUT2D eigenvalue weighted by atomic mass is 35.5. The molecular weight excluding hydrogens is 526 g/mol. The first kappa shape index (κ1) is 28.5. The molecule has 0 bridgehead atoms. The van der Waals surface area contributed by atoms with E-state index in [1.165, 1.54) is 30.3 Å². The largest absolute Gasteiger partial charge is 0.481 e. The van der Waals surface area contributed by atoms with Crippen LogP contribution in [-0.2, 0) is 22.4 Å². The second kappa shape index (κ2) is 12.0. The monoisotopic (exact) mass is 551 g/mol. The van der Waals surface area contributed by atoms with Crippen LogP contribution in [0, 0.1) is 5.92 Å². The average Bonchev–Trinajstić information content (AvgIpc) is 2.82. The Kier molecular flexibility index (Phi) is 9.26. The van der Waals surface area contributed by atoms with Crippen LogP contribution < -0.4 is 5.32 Å². The predicted octanol–water partition coefficient (Wildman–Crippen LogP) is 8.16. The number of carbonyl (C=O) groups excluding carboxylic acids is 1. The summed E-state index contributed by atoms with van der Waals surface area (Å²) >= 11 is 12.2. The van der Waals surface area contributed by atoms with E-state index in [1.807, 2.05) is 19.1 Å². The number of carboxylic acids is 1. The molecule has 0 aliphatic carbocycles. The number of aliphatic carboxylic acids is 1. The number of carboxylic acid groups (broad SMARTS) is 1. The Morgan fingerprint density at radius 1 is 1.00 bits per heavy atom. The van der Waals surface area contributed by atoms with Gasteiger partial charge in [0.1, 0.15) is 0 Å². The van der Waals surface area contributed by atoms with Gasteiger partial charge >= 0.3 is 12.1 Å². The lowest BCUT2D eigenvalue weighted by atomic mass is 9.85. The zero-order valence-corrected chi connectivity index (χ0v) is 21.7. The first-order valence-corrected chi connectivity index (χ1v) is 12.4. The molecule has 0 spiro atoms. The van der Waals surface area contributed by atoms with Crippen molar-refractivity contribution < 1.29 is 27.9 Å². The zero-order chi connectivity index (χ0) is 27.3. The van der Waals surface area contributed by atoms with Crippen molar-refractivity contribution in [3.05, 3.63) is 87.4 Å². The Bertz CT molecular complexity index is 1280. The normalized spacial score (nSPS) is 13.2. The summed E-state index contributed by atoms with van der Waals surface area (Å²) in [5, 5.41) is 12.4. The van der Waals surface area contributed by atoms with E-state index in [9.17, 15) is 27.9 Å². The van der Waals surface area contributed by atoms with Crippen LogP contribution in [-0.4, -0.2) is 23.2 Å². The van der Waals surface area contributed by atoms with Gasteiger partial charge in [-0.1, -0.05) is 79.9 Å². The standard InChI is InChI=1S/C28H26Cl2F3NO3/c1-3-4-17-5-6-20(15-25(35)36)22(13-17)19-9-12-23(30)24(14-19)34-27(37)26(16(2)28(31,32)33)18-7-10-21(29)11-8-18/h5-14,16,26H,3-4,15H2,1-2H3,(H,34,37)(H,35,36)/t16-,26+/m1/s1. The van der Waals surface area contributed by atoms with E-state index in [4.69, 9.17) is 23.2 Å². The molecule has 2 atom stereocenters. The molecule has 9 heteroatoms. The third-order valence-electron chi connectivity index (χ3n) is 6.12. The van der Waals surface area contributed by atoms with Gasteiger partial charge in [-0.3, -0.25) is 9.59 Å². The van der Waals surface area contributed by atoms with Crippen molar-refractivity contribution in [1.82, 2.24) is 0 Å². The topological polar surface area (TPSA) is 66.4 Å². The second-order valence-corrected chi connectivity index (χ2v) is 9.70. The van der Waals surface area contributed by atoms with Crippen LogP contribution in [0.4, 0.5) is 18.9 Å². The molecule has 0 aromatic heterocycles. The molecular formula is C28H26Cl2F3NO3. The van der Waals surface area contributed by atoms with Crippen LogP contribution in [0.3, 0.4) is 0 Å². The number of carbonyl (C=O) groups is 2. The number of benzene rings is 3. The van der Waals surface area contributed by atoms with E-state index in [-0.39, 0.29) is 22.7 Å². The molecule has 3 aromatic rings. The maximum Gasteiger partial charge on any atom is 0.392 e. The lowest BCUT2D eigenvalue weighted by Crippen LogP contribution is -2.34. The third-order valence-corrected chi connectivity index (χ3v) is 6.70. The predicted molar refractivity (Wildman–Crippen MR) is 140 cm³/mol. The molecule has 0 heterocycles. The number of anilines is 1. The zero-order valence-electron chi connectivity index (χ0n) is 20.2. The van der Waals surface area contributed by atoms with Gasteiger partial charge in [-0.15, -0.1) is 0 Å². The third kappa shape index (κ3) is 7.27. The SMILES string of the molecule is CCCc1ccc(CC(=O)O)c(-c2ccc(Cl)c(NC(=O)[C@H](c3ccc(Cl)cc3)[C@@H](C)C(F)(F)F)c2)c1. The van der Waals surface area contributed by atoms with Crippen LogP contribution in [0.15, 0.2) is 60.7 Å². The summed E-state index contributed by atoms with van der Waals surface area (Å²) < 4.78 is 41.1. The van der Waals surface area contributed by atoms with Crippen LogP contribution >= 0.6 is 23.2 Å². The fourth-order valence-corrected chi connectivity index (χ4v) is 4.47. The summed E-state index contributed by atoms with van der Waals surface area (Å²) in [6, 6.07) is 15.9. The van der Waals surface area contributed by atoms with E-state index in [2.05, 4.69) is 5.32 Å². The van der Waals surface area contributed by atoms with Gasteiger partial charge in [0.2, 0.25) is 5.91 Å². The molecule has 0 fully saturated rings. The van der Waals surface area contributed by atoms with E-state index in [1.54, 1.807) is 18.2 Å². The Labute approximate surface area is 223 Å². The van der Waals surface area contributed by atoms with Gasteiger partial charge in [0.15, 0.2) is 0 Å². The highest BCUT2D eigenvalue weighted by molar-refractivity contribution is 6.34. The molecule has 1 amide bonds. The molecule has 196 valence electrons. The Hall–Kier alpha value is -3.03. The van der Waals surface area contributed by atoms with Crippen molar-refractivity contribution in [2.75, 3.05) is 5.32 Å². The van der Waals surface area contributed by atoms with Gasteiger partial charge in [-0.2, -0.15) is 13.2 Å². The van der Waals surface area contributed by atoms with E-state index < -0.39 is 29.9 Å². The van der Waals surface area contributed by atoms with Crippen LogP contribution in [0.25, 0.3) is 11.1 Å². The van der Waals surface area contributed by atoms with E-state index in [0.717, 1.165) is 25.3 Å². The summed E-state index contributed by atoms with van der Waals surface area (Å²) in [5.74, 6) is -5.41. The van der Waals surface area contributed by atoms with Gasteiger partial charge in [-0.25, -0.2) is 0 Å². The lowest BCUT2D eigenvalue weighted by Gasteiger charge is -2.26. The van der Waals surface area contributed by atoms with Crippen molar-refractivity contribution in [2.24, 2.45) is 5.92 Å². The molecule has 2 N–H and O–H groups in total. The van der Waals surface area contributed by atoms with Crippen molar-refractivity contribution in [1.29, 1.82) is 0 Å². The molecule has 4 nitrogen and oxygen atoms in total. The minimum atomic E-state index is -4.63. The molecule has 3 rings (SSSR count). The minimum absolute atomic E-state index is 0.125. The number of hydrogen-bond donors (Lipinski definition) is 2. The van der Waals surface area contributed by atoms with Gasteiger partial charge in [0.25, 0.3) is 0 Å². The van der Waals surface area contributed by atoms with Gasteiger partial charge < -0.3 is 10.4 Å². The van der Waals surface area contributed by atoms with Crippen LogP contribution in [0.2, 0.25) is 10.0 Å². The van der Waals surface area contributed by atoms with Crippen LogP contribution in [0.5, 0.6) is 0 Å². The average molecular weight is 552 g/mol.